The monoisotopic (exact) mass is 170 g/mol. The molecular formula is C6H9B3N4. The van der Waals surface area contributed by atoms with E-state index in [1.165, 1.54) is 0 Å². The van der Waals surface area contributed by atoms with Crippen LogP contribution in [0.4, 0.5) is 5.69 Å². The zero-order chi connectivity index (χ0) is 9.10. The summed E-state index contributed by atoms with van der Waals surface area (Å²) in [5.41, 5.74) is 6.88. The maximum absolute atomic E-state index is 5.82. The van der Waals surface area contributed by atoms with Crippen molar-refractivity contribution in [3.63, 3.8) is 0 Å². The Bertz CT molecular complexity index is 270. The van der Waals surface area contributed by atoms with Gasteiger partial charge in [-0.15, -0.1) is 0 Å². The number of para-hydroxylation sites is 1. The van der Waals surface area contributed by atoms with Crippen molar-refractivity contribution in [1.29, 1.82) is 0 Å². The molecule has 0 aromatic heterocycles. The number of benzene rings is 1. The molecule has 0 saturated carbocycles. The first-order chi connectivity index (χ1) is 6.38. The fourth-order valence-electron chi connectivity index (χ4n) is 1.25. The Morgan fingerprint density at radius 3 is 2.77 bits per heavy atom. The highest BCUT2D eigenvalue weighted by molar-refractivity contribution is 6.81. The van der Waals surface area contributed by atoms with Gasteiger partial charge in [-0.2, -0.15) is 0 Å². The average Bonchev–Trinajstić information content (AvgIpc) is 2.20. The SMILES string of the molecule is NB1N[B]N[B]N1c1ccccc1. The molecule has 0 atom stereocenters. The Balaban J connectivity index is 2.15. The van der Waals surface area contributed by atoms with E-state index >= 15 is 0 Å². The van der Waals surface area contributed by atoms with Crippen molar-refractivity contribution in [3.05, 3.63) is 30.3 Å². The minimum Gasteiger partial charge on any atom is -0.424 e. The van der Waals surface area contributed by atoms with Gasteiger partial charge in [0.2, 0.25) is 0 Å². The molecule has 1 heterocycles. The molecule has 1 aliphatic heterocycles. The molecule has 13 heavy (non-hydrogen) atoms. The van der Waals surface area contributed by atoms with Crippen molar-refractivity contribution in [2.45, 2.75) is 0 Å². The van der Waals surface area contributed by atoms with E-state index in [1.807, 2.05) is 42.6 Å². The summed E-state index contributed by atoms with van der Waals surface area (Å²) in [6.07, 6.45) is 0. The number of hydrogen-bond acceptors (Lipinski definition) is 4. The lowest BCUT2D eigenvalue weighted by atomic mass is 9.72. The Hall–Kier alpha value is -0.905. The molecule has 0 spiro atoms. The van der Waals surface area contributed by atoms with Crippen LogP contribution in [-0.2, 0) is 0 Å². The van der Waals surface area contributed by atoms with Gasteiger partial charge in [0, 0.05) is 5.69 Å². The number of nitrogens with one attached hydrogen (secondary N) is 2. The quantitative estimate of drug-likeness (QED) is 0.458. The minimum absolute atomic E-state index is 0.205. The normalized spacial score (nSPS) is 16.4. The second-order valence-electron chi connectivity index (χ2n) is 2.79. The second kappa shape index (κ2) is 3.87. The molecule has 62 valence electrons. The summed E-state index contributed by atoms with van der Waals surface area (Å²) in [7, 11) is 3.34. The van der Waals surface area contributed by atoms with Gasteiger partial charge < -0.3 is 20.6 Å². The first-order valence-electron chi connectivity index (χ1n) is 4.14. The molecule has 0 unspecified atom stereocenters. The Kier molecular flexibility index (Phi) is 2.58. The molecule has 4 nitrogen and oxygen atoms in total. The lowest BCUT2D eigenvalue weighted by Gasteiger charge is -2.32. The van der Waals surface area contributed by atoms with Crippen LogP contribution in [0.3, 0.4) is 0 Å². The van der Waals surface area contributed by atoms with Crippen molar-refractivity contribution in [2.75, 3.05) is 4.72 Å². The summed E-state index contributed by atoms with van der Waals surface area (Å²) in [4.78, 5) is 0. The van der Waals surface area contributed by atoms with E-state index in [0.717, 1.165) is 5.69 Å². The highest BCUT2D eigenvalue weighted by Gasteiger charge is 2.24. The van der Waals surface area contributed by atoms with Gasteiger partial charge in [0.1, 0.15) is 0 Å². The van der Waals surface area contributed by atoms with Gasteiger partial charge in [-0.25, -0.2) is 0 Å². The number of nitrogens with two attached hydrogens (primary N) is 1. The molecule has 4 N–H and O–H groups in total. The molecule has 1 saturated heterocycles. The van der Waals surface area contributed by atoms with Gasteiger partial charge in [0.25, 0.3) is 7.55 Å². The van der Waals surface area contributed by atoms with Crippen molar-refractivity contribution < 1.29 is 0 Å². The van der Waals surface area contributed by atoms with E-state index in [9.17, 15) is 0 Å². The third kappa shape index (κ3) is 1.88. The highest BCUT2D eigenvalue weighted by Crippen LogP contribution is 2.11. The Labute approximate surface area is 79.6 Å². The second-order valence-corrected chi connectivity index (χ2v) is 2.79. The summed E-state index contributed by atoms with van der Waals surface area (Å²) in [6.45, 7) is 0. The third-order valence-electron chi connectivity index (χ3n) is 1.91. The van der Waals surface area contributed by atoms with E-state index in [2.05, 4.69) is 10.3 Å². The summed E-state index contributed by atoms with van der Waals surface area (Å²) < 4.78 is 1.92. The zero-order valence-electron chi connectivity index (χ0n) is 7.14. The lowest BCUT2D eigenvalue weighted by molar-refractivity contribution is 1.25. The summed E-state index contributed by atoms with van der Waals surface area (Å²) in [6, 6.07) is 9.95. The molecule has 1 aromatic rings. The zero-order valence-corrected chi connectivity index (χ0v) is 7.14. The van der Waals surface area contributed by atoms with Gasteiger partial charge in [0.15, 0.2) is 0 Å². The van der Waals surface area contributed by atoms with Crippen LogP contribution in [0.15, 0.2) is 30.3 Å². The predicted molar refractivity (Wildman–Crippen MR) is 56.6 cm³/mol. The van der Waals surface area contributed by atoms with Crippen LogP contribution in [0.1, 0.15) is 0 Å². The summed E-state index contributed by atoms with van der Waals surface area (Å²) in [5, 5.41) is 5.92. The van der Waals surface area contributed by atoms with Crippen molar-refractivity contribution in [2.24, 2.45) is 5.64 Å². The fraction of sp³-hybridized carbons (Fsp3) is 0. The largest absolute Gasteiger partial charge is 0.424 e. The number of nitrogens with zero attached hydrogens (tertiary/aromatic N) is 1. The molecule has 1 fully saturated rings. The van der Waals surface area contributed by atoms with Gasteiger partial charge in [-0.3, -0.25) is 0 Å². The van der Waals surface area contributed by atoms with Crippen LogP contribution in [0.2, 0.25) is 0 Å². The van der Waals surface area contributed by atoms with Crippen molar-refractivity contribution in [3.8, 4) is 0 Å². The van der Waals surface area contributed by atoms with Crippen LogP contribution in [-0.4, -0.2) is 22.2 Å². The minimum atomic E-state index is -0.205. The molecule has 0 bridgehead atoms. The molecule has 1 aromatic carbocycles. The fourth-order valence-corrected chi connectivity index (χ4v) is 1.25. The molecule has 2 rings (SSSR count). The van der Waals surface area contributed by atoms with Crippen LogP contribution in [0.5, 0.6) is 0 Å². The molecular weight excluding hydrogens is 161 g/mol. The summed E-state index contributed by atoms with van der Waals surface area (Å²) in [5.74, 6) is 0. The van der Waals surface area contributed by atoms with Gasteiger partial charge in [-0.1, -0.05) is 18.2 Å². The smallest absolute Gasteiger partial charge is 0.405 e. The first-order valence-corrected chi connectivity index (χ1v) is 4.14. The van der Waals surface area contributed by atoms with Crippen LogP contribution in [0.25, 0.3) is 0 Å². The Morgan fingerprint density at radius 2 is 2.08 bits per heavy atom. The van der Waals surface area contributed by atoms with Crippen LogP contribution >= 0.6 is 0 Å². The molecule has 7 heteroatoms. The Morgan fingerprint density at radius 1 is 1.31 bits per heavy atom. The standard InChI is InChI=1S/C6H9B3N4/c10-9-12-7-11-8-13(9)6-4-2-1-3-5-6/h1-5,11-12H,10H2. The van der Waals surface area contributed by atoms with Crippen molar-refractivity contribution in [1.82, 2.24) is 10.3 Å². The van der Waals surface area contributed by atoms with Crippen LogP contribution < -0.4 is 20.6 Å². The van der Waals surface area contributed by atoms with Gasteiger partial charge in [-0.05, 0) is 12.1 Å². The average molecular weight is 170 g/mol. The summed E-state index contributed by atoms with van der Waals surface area (Å²) >= 11 is 0. The highest BCUT2D eigenvalue weighted by atomic mass is 15.2. The van der Waals surface area contributed by atoms with E-state index in [0.29, 0.717) is 0 Å². The van der Waals surface area contributed by atoms with Crippen LogP contribution in [0, 0.1) is 0 Å². The van der Waals surface area contributed by atoms with E-state index in [4.69, 9.17) is 5.64 Å². The van der Waals surface area contributed by atoms with E-state index in [-0.39, 0.29) is 7.12 Å². The van der Waals surface area contributed by atoms with Gasteiger partial charge in [0.05, 0.1) is 0 Å². The number of rotatable bonds is 1. The maximum Gasteiger partial charge on any atom is 0.405 e. The first kappa shape index (κ1) is 8.68. The molecule has 0 aliphatic carbocycles. The molecule has 0 amide bonds. The molecule has 1 aliphatic rings. The van der Waals surface area contributed by atoms with E-state index in [1.54, 1.807) is 7.55 Å². The molecule has 2 radical (unpaired) electrons. The van der Waals surface area contributed by atoms with Crippen molar-refractivity contribution >= 4 is 27.9 Å². The number of anilines is 1. The van der Waals surface area contributed by atoms with Gasteiger partial charge >= 0.3 is 14.7 Å². The van der Waals surface area contributed by atoms with E-state index < -0.39 is 0 Å². The third-order valence-corrected chi connectivity index (χ3v) is 1.91. The number of hydrogen-bond donors (Lipinski definition) is 3. The predicted octanol–water partition coefficient (Wildman–Crippen LogP) is -1.30. The topological polar surface area (TPSA) is 53.3 Å². The maximum atomic E-state index is 5.82. The lowest BCUT2D eigenvalue weighted by Crippen LogP contribution is -2.70.